The maximum Gasteiger partial charge on any atom is 0.337 e. The number of carbonyl (C=O) groups excluding carboxylic acids is 2. The zero-order valence-electron chi connectivity index (χ0n) is 18.3. The van der Waals surface area contributed by atoms with Crippen LogP contribution < -0.4 is 9.54 Å². The van der Waals surface area contributed by atoms with E-state index in [-0.39, 0.29) is 5.91 Å². The van der Waals surface area contributed by atoms with Gasteiger partial charge in [-0.15, -0.1) is 11.8 Å². The summed E-state index contributed by atoms with van der Waals surface area (Å²) < 4.78 is 18.3. The molecule has 0 atom stereocenters. The number of ether oxygens (including phenoxy) is 3. The van der Waals surface area contributed by atoms with E-state index >= 15 is 0 Å². The Morgan fingerprint density at radius 2 is 1.91 bits per heavy atom. The Bertz CT molecular complexity index is 1140. The number of carbonyl (C=O) groups is 2. The molecule has 2 aromatic carbocycles. The van der Waals surface area contributed by atoms with Gasteiger partial charge in [-0.05, 0) is 49.4 Å². The first-order valence-electron chi connectivity index (χ1n) is 10.2. The zero-order valence-corrected chi connectivity index (χ0v) is 20.0. The second-order valence-corrected chi connectivity index (χ2v) is 8.86. The lowest BCUT2D eigenvalue weighted by molar-refractivity contribution is -0.117. The number of rotatable bonds is 10. The summed E-state index contributed by atoms with van der Waals surface area (Å²) in [5.74, 6) is 0.852. The van der Waals surface area contributed by atoms with Gasteiger partial charge in [-0.3, -0.25) is 4.79 Å². The molecular formula is C23H26N2O5S2. The largest absolute Gasteiger partial charge is 0.497 e. The minimum Gasteiger partial charge on any atom is -0.497 e. The minimum absolute atomic E-state index is 0.184. The molecule has 7 nitrogen and oxygen atoms in total. The number of benzene rings is 2. The van der Waals surface area contributed by atoms with Crippen LogP contribution in [-0.2, 0) is 20.8 Å². The number of amides is 1. The molecule has 0 spiro atoms. The van der Waals surface area contributed by atoms with Crippen LogP contribution in [0.4, 0.5) is 0 Å². The summed E-state index contributed by atoms with van der Waals surface area (Å²) in [4.78, 5) is 30.5. The highest BCUT2D eigenvalue weighted by Crippen LogP contribution is 2.22. The fraction of sp³-hybridized carbons (Fsp3) is 0.348. The van der Waals surface area contributed by atoms with E-state index in [0.717, 1.165) is 20.9 Å². The Kier molecular flexibility index (Phi) is 8.90. The number of aromatic nitrogens is 1. The van der Waals surface area contributed by atoms with Gasteiger partial charge in [0.1, 0.15) is 5.75 Å². The van der Waals surface area contributed by atoms with Crippen molar-refractivity contribution in [3.05, 3.63) is 52.8 Å². The molecule has 0 N–H and O–H groups in total. The normalized spacial score (nSPS) is 11.7. The monoisotopic (exact) mass is 474 g/mol. The molecule has 3 rings (SSSR count). The number of fused-ring (bicyclic) bond motifs is 1. The van der Waals surface area contributed by atoms with Crippen molar-refractivity contribution in [1.82, 2.24) is 4.57 Å². The van der Waals surface area contributed by atoms with Gasteiger partial charge >= 0.3 is 5.97 Å². The van der Waals surface area contributed by atoms with Gasteiger partial charge in [0.25, 0.3) is 0 Å². The molecule has 0 fully saturated rings. The first kappa shape index (κ1) is 24.0. The van der Waals surface area contributed by atoms with Crippen LogP contribution in [0, 0.1) is 0 Å². The Balaban J connectivity index is 1.77. The highest BCUT2D eigenvalue weighted by molar-refractivity contribution is 7.99. The average molecular weight is 475 g/mol. The summed E-state index contributed by atoms with van der Waals surface area (Å²) in [7, 11) is 2.99. The third-order valence-electron chi connectivity index (χ3n) is 4.63. The number of thioether (sulfide) groups is 1. The van der Waals surface area contributed by atoms with Crippen molar-refractivity contribution < 1.29 is 23.8 Å². The Morgan fingerprint density at radius 3 is 2.59 bits per heavy atom. The fourth-order valence-corrected chi connectivity index (χ4v) is 4.96. The van der Waals surface area contributed by atoms with Gasteiger partial charge in [0.2, 0.25) is 5.91 Å². The molecule has 32 heavy (non-hydrogen) atoms. The van der Waals surface area contributed by atoms with Gasteiger partial charge in [0.05, 0.1) is 36.6 Å². The second-order valence-electron chi connectivity index (χ2n) is 6.69. The summed E-state index contributed by atoms with van der Waals surface area (Å²) >= 11 is 2.98. The standard InChI is InChI=1S/C23H26N2O5S2/c1-4-30-13-12-25-19-10-5-16(22(27)29-3)15-20(19)32-23(25)24-21(26)11-14-31-18-8-6-17(28-2)7-9-18/h5-10,15H,4,11-14H2,1-3H3. The van der Waals surface area contributed by atoms with Gasteiger partial charge in [0, 0.05) is 30.2 Å². The number of hydrogen-bond acceptors (Lipinski definition) is 7. The topological polar surface area (TPSA) is 79.1 Å². The van der Waals surface area contributed by atoms with Crippen molar-refractivity contribution >= 4 is 45.2 Å². The van der Waals surface area contributed by atoms with Crippen LogP contribution in [-0.4, -0.2) is 49.6 Å². The van der Waals surface area contributed by atoms with Crippen molar-refractivity contribution in [3.63, 3.8) is 0 Å². The van der Waals surface area contributed by atoms with Crippen LogP contribution in [0.2, 0.25) is 0 Å². The summed E-state index contributed by atoms with van der Waals surface area (Å²) in [6.07, 6.45) is 0.323. The molecule has 3 aromatic rings. The molecule has 1 amide bonds. The molecule has 0 aliphatic carbocycles. The SMILES string of the molecule is CCOCCn1c(=NC(=O)CCSc2ccc(OC)cc2)sc2cc(C(=O)OC)ccc21. The highest BCUT2D eigenvalue weighted by Gasteiger charge is 2.12. The van der Waals surface area contributed by atoms with Gasteiger partial charge in [-0.25, -0.2) is 4.79 Å². The minimum atomic E-state index is -0.397. The molecule has 9 heteroatoms. The third-order valence-corrected chi connectivity index (χ3v) is 6.69. The summed E-state index contributed by atoms with van der Waals surface area (Å²) in [6, 6.07) is 13.1. The Morgan fingerprint density at radius 1 is 1.12 bits per heavy atom. The van der Waals surface area contributed by atoms with Gasteiger partial charge in [-0.2, -0.15) is 4.99 Å². The third kappa shape index (κ3) is 6.21. The number of nitrogens with zero attached hydrogens (tertiary/aromatic N) is 2. The number of methoxy groups -OCH3 is 2. The van der Waals surface area contributed by atoms with E-state index in [1.54, 1.807) is 31.0 Å². The summed E-state index contributed by atoms with van der Waals surface area (Å²) in [5, 5.41) is 0. The quantitative estimate of drug-likeness (QED) is 0.250. The van der Waals surface area contributed by atoms with E-state index in [0.29, 0.717) is 42.3 Å². The Labute approximate surface area is 195 Å². The smallest absolute Gasteiger partial charge is 0.337 e. The number of esters is 1. The van der Waals surface area contributed by atoms with Crippen LogP contribution in [0.5, 0.6) is 5.75 Å². The van der Waals surface area contributed by atoms with E-state index in [1.807, 2.05) is 41.8 Å². The molecule has 0 aliphatic rings. The lowest BCUT2D eigenvalue weighted by Gasteiger charge is -2.06. The first-order chi connectivity index (χ1) is 15.5. The van der Waals surface area contributed by atoms with Crippen molar-refractivity contribution in [2.24, 2.45) is 4.99 Å². The molecule has 0 saturated carbocycles. The predicted octanol–water partition coefficient (Wildman–Crippen LogP) is 4.14. The van der Waals surface area contributed by atoms with Crippen molar-refractivity contribution in [2.45, 2.75) is 24.8 Å². The van der Waals surface area contributed by atoms with Gasteiger partial charge in [-0.1, -0.05) is 11.3 Å². The maximum atomic E-state index is 12.6. The second kappa shape index (κ2) is 11.8. The molecule has 0 radical (unpaired) electrons. The van der Waals surface area contributed by atoms with Crippen molar-refractivity contribution in [2.75, 3.05) is 33.2 Å². The van der Waals surface area contributed by atoms with Gasteiger partial charge < -0.3 is 18.8 Å². The molecule has 170 valence electrons. The summed E-state index contributed by atoms with van der Waals surface area (Å²) in [6.45, 7) is 3.63. The predicted molar refractivity (Wildman–Crippen MR) is 127 cm³/mol. The lowest BCUT2D eigenvalue weighted by atomic mass is 10.2. The fourth-order valence-electron chi connectivity index (χ4n) is 3.01. The summed E-state index contributed by atoms with van der Waals surface area (Å²) in [5.41, 5.74) is 1.37. The molecule has 0 unspecified atom stereocenters. The van der Waals surface area contributed by atoms with E-state index < -0.39 is 5.97 Å². The van der Waals surface area contributed by atoms with E-state index in [4.69, 9.17) is 14.2 Å². The van der Waals surface area contributed by atoms with E-state index in [2.05, 4.69) is 4.99 Å². The van der Waals surface area contributed by atoms with Crippen LogP contribution in [0.25, 0.3) is 10.2 Å². The van der Waals surface area contributed by atoms with Crippen molar-refractivity contribution in [3.8, 4) is 5.75 Å². The van der Waals surface area contributed by atoms with E-state index in [1.165, 1.54) is 18.4 Å². The molecule has 1 heterocycles. The molecule has 0 aliphatic heterocycles. The van der Waals surface area contributed by atoms with Crippen LogP contribution in [0.15, 0.2) is 52.4 Å². The van der Waals surface area contributed by atoms with Crippen LogP contribution in [0.1, 0.15) is 23.7 Å². The Hall–Kier alpha value is -2.62. The highest BCUT2D eigenvalue weighted by atomic mass is 32.2. The number of hydrogen-bond donors (Lipinski definition) is 0. The average Bonchev–Trinajstić information content (AvgIpc) is 3.15. The molecule has 0 bridgehead atoms. The van der Waals surface area contributed by atoms with Crippen molar-refractivity contribution in [1.29, 1.82) is 0 Å². The number of thiazole rings is 1. The molecular weight excluding hydrogens is 448 g/mol. The zero-order chi connectivity index (χ0) is 22.9. The molecule has 1 aromatic heterocycles. The lowest BCUT2D eigenvalue weighted by Crippen LogP contribution is -2.19. The van der Waals surface area contributed by atoms with Gasteiger partial charge in [0.15, 0.2) is 4.80 Å². The van der Waals surface area contributed by atoms with Crippen LogP contribution in [0.3, 0.4) is 0 Å². The molecule has 0 saturated heterocycles. The van der Waals surface area contributed by atoms with E-state index in [9.17, 15) is 9.59 Å². The first-order valence-corrected chi connectivity index (χ1v) is 12.0. The maximum absolute atomic E-state index is 12.6. The van der Waals surface area contributed by atoms with Crippen LogP contribution >= 0.6 is 23.1 Å².